The van der Waals surface area contributed by atoms with Crippen molar-refractivity contribution in [3.8, 4) is 0 Å². The van der Waals surface area contributed by atoms with Gasteiger partial charge in [0.05, 0.1) is 30.7 Å². The lowest BCUT2D eigenvalue weighted by molar-refractivity contribution is -0.909. The van der Waals surface area contributed by atoms with Crippen molar-refractivity contribution in [1.29, 1.82) is 0 Å². The van der Waals surface area contributed by atoms with Gasteiger partial charge in [0, 0.05) is 0 Å². The Morgan fingerprint density at radius 1 is 1.00 bits per heavy atom. The van der Waals surface area contributed by atoms with Gasteiger partial charge in [-0.15, -0.1) is 0 Å². The molecular formula is C22H31N2O3S+. The van der Waals surface area contributed by atoms with Crippen LogP contribution in [0.3, 0.4) is 0 Å². The summed E-state index contributed by atoms with van der Waals surface area (Å²) < 4.78 is 35.4. The van der Waals surface area contributed by atoms with Crippen molar-refractivity contribution < 1.29 is 18.1 Å². The van der Waals surface area contributed by atoms with Gasteiger partial charge in [-0.1, -0.05) is 36.4 Å². The number of rotatable bonds is 6. The maximum atomic E-state index is 13.5. The van der Waals surface area contributed by atoms with Crippen LogP contribution in [0.2, 0.25) is 0 Å². The number of aryl methyl sites for hydroxylation is 2. The number of nitrogens with one attached hydrogen (secondary N) is 2. The van der Waals surface area contributed by atoms with Gasteiger partial charge in [0.25, 0.3) is 0 Å². The van der Waals surface area contributed by atoms with E-state index in [1.54, 1.807) is 0 Å². The second-order valence-corrected chi connectivity index (χ2v) is 9.39. The lowest BCUT2D eigenvalue weighted by atomic mass is 10.0. The van der Waals surface area contributed by atoms with E-state index in [1.165, 1.54) is 4.90 Å². The van der Waals surface area contributed by atoms with Gasteiger partial charge in [-0.3, -0.25) is 0 Å². The van der Waals surface area contributed by atoms with Gasteiger partial charge in [-0.2, -0.15) is 4.72 Å². The minimum atomic E-state index is -3.66. The molecule has 0 radical (unpaired) electrons. The Kier molecular flexibility index (Phi) is 6.55. The smallest absolute Gasteiger partial charge is 0.241 e. The van der Waals surface area contributed by atoms with Gasteiger partial charge in [0.1, 0.15) is 13.1 Å². The first-order valence-corrected chi connectivity index (χ1v) is 11.3. The summed E-state index contributed by atoms with van der Waals surface area (Å²) in [5, 5.41) is 0. The first-order valence-electron chi connectivity index (χ1n) is 9.85. The van der Waals surface area contributed by atoms with Crippen LogP contribution in [0, 0.1) is 27.7 Å². The zero-order valence-electron chi connectivity index (χ0n) is 17.2. The van der Waals surface area contributed by atoms with Crippen molar-refractivity contribution in [2.24, 2.45) is 0 Å². The molecular weight excluding hydrogens is 372 g/mol. The summed E-state index contributed by atoms with van der Waals surface area (Å²) >= 11 is 0. The quantitative estimate of drug-likeness (QED) is 0.774. The molecule has 1 aliphatic rings. The Morgan fingerprint density at radius 2 is 1.57 bits per heavy atom. The molecule has 2 aromatic rings. The van der Waals surface area contributed by atoms with Crippen molar-refractivity contribution in [2.75, 3.05) is 32.8 Å². The molecule has 0 unspecified atom stereocenters. The topological polar surface area (TPSA) is 59.8 Å². The highest BCUT2D eigenvalue weighted by Crippen LogP contribution is 2.27. The fourth-order valence-corrected chi connectivity index (χ4v) is 5.74. The number of hydrogen-bond acceptors (Lipinski definition) is 3. The molecule has 0 aromatic heterocycles. The molecule has 1 heterocycles. The highest BCUT2D eigenvalue weighted by Gasteiger charge is 2.29. The maximum absolute atomic E-state index is 13.5. The first-order chi connectivity index (χ1) is 13.3. The van der Waals surface area contributed by atoms with E-state index in [4.69, 9.17) is 4.74 Å². The van der Waals surface area contributed by atoms with Crippen molar-refractivity contribution in [2.45, 2.75) is 38.6 Å². The van der Waals surface area contributed by atoms with E-state index < -0.39 is 10.0 Å². The lowest BCUT2D eigenvalue weighted by Gasteiger charge is -2.29. The van der Waals surface area contributed by atoms with Crippen LogP contribution in [0.5, 0.6) is 0 Å². The molecule has 1 fully saturated rings. The molecule has 6 heteroatoms. The van der Waals surface area contributed by atoms with E-state index in [2.05, 4.69) is 10.8 Å². The molecule has 1 saturated heterocycles. The molecule has 152 valence electrons. The van der Waals surface area contributed by atoms with Crippen LogP contribution in [0.25, 0.3) is 0 Å². The maximum Gasteiger partial charge on any atom is 0.241 e. The second-order valence-electron chi connectivity index (χ2n) is 7.74. The monoisotopic (exact) mass is 403 g/mol. The molecule has 5 nitrogen and oxygen atoms in total. The molecule has 0 amide bonds. The van der Waals surface area contributed by atoms with Gasteiger partial charge in [0.15, 0.2) is 0 Å². The van der Waals surface area contributed by atoms with Gasteiger partial charge >= 0.3 is 0 Å². The van der Waals surface area contributed by atoms with E-state index in [0.29, 0.717) is 11.4 Å². The van der Waals surface area contributed by atoms with Crippen LogP contribution in [-0.2, 0) is 14.8 Å². The zero-order valence-corrected chi connectivity index (χ0v) is 18.0. The fraction of sp³-hybridized carbons (Fsp3) is 0.455. The molecule has 2 N–H and O–H groups in total. The van der Waals surface area contributed by atoms with E-state index in [0.717, 1.165) is 54.1 Å². The Hall–Kier alpha value is -1.73. The highest BCUT2D eigenvalue weighted by atomic mass is 32.2. The van der Waals surface area contributed by atoms with Crippen LogP contribution in [-0.4, -0.2) is 41.3 Å². The van der Waals surface area contributed by atoms with E-state index in [1.807, 2.05) is 58.0 Å². The number of hydrogen-bond donors (Lipinski definition) is 2. The molecule has 0 saturated carbocycles. The fourth-order valence-electron chi connectivity index (χ4n) is 3.90. The minimum absolute atomic E-state index is 0.279. The number of ether oxygens (including phenoxy) is 1. The number of benzene rings is 2. The number of morpholine rings is 1. The predicted molar refractivity (Wildman–Crippen MR) is 111 cm³/mol. The summed E-state index contributed by atoms with van der Waals surface area (Å²) in [6.07, 6.45) is 0. The standard InChI is InChI=1S/C22H30N2O3S/c1-16-14-17(2)19(4)22(18(16)3)28(25,26)23-21(20-8-6-5-7-9-20)15-24-10-12-27-13-11-24/h5-9,14,21,23H,10-13,15H2,1-4H3/p+1/t21-/m0/s1. The molecule has 0 aliphatic carbocycles. The average Bonchev–Trinajstić information content (AvgIpc) is 2.67. The number of sulfonamides is 1. The Labute approximate surface area is 168 Å². The third kappa shape index (κ3) is 4.63. The number of quaternary nitrogens is 1. The second kappa shape index (κ2) is 8.74. The van der Waals surface area contributed by atoms with E-state index in [9.17, 15) is 8.42 Å². The van der Waals surface area contributed by atoms with Crippen molar-refractivity contribution in [3.63, 3.8) is 0 Å². The third-order valence-electron chi connectivity index (χ3n) is 5.76. The molecule has 1 aliphatic heterocycles. The summed E-state index contributed by atoms with van der Waals surface area (Å²) in [4.78, 5) is 1.78. The minimum Gasteiger partial charge on any atom is -0.370 e. The third-order valence-corrected chi connectivity index (χ3v) is 7.50. The Bertz CT molecular complexity index is 894. The predicted octanol–water partition coefficient (Wildman–Crippen LogP) is 1.85. The van der Waals surface area contributed by atoms with E-state index >= 15 is 0 Å². The normalized spacial score (nSPS) is 16.9. The highest BCUT2D eigenvalue weighted by molar-refractivity contribution is 7.89. The zero-order chi connectivity index (χ0) is 20.3. The van der Waals surface area contributed by atoms with E-state index in [-0.39, 0.29) is 6.04 Å². The summed E-state index contributed by atoms with van der Waals surface area (Å²) in [5.41, 5.74) is 4.63. The molecule has 3 rings (SSSR count). The summed E-state index contributed by atoms with van der Waals surface area (Å²) in [6.45, 7) is 11.6. The van der Waals surface area contributed by atoms with Crippen LogP contribution in [0.4, 0.5) is 0 Å². The SMILES string of the molecule is Cc1cc(C)c(C)c(S(=O)(=O)N[C@@H](C[NH+]2CCOCC2)c2ccccc2)c1C. The van der Waals surface area contributed by atoms with Gasteiger partial charge in [-0.25, -0.2) is 8.42 Å². The summed E-state index contributed by atoms with van der Waals surface area (Å²) in [6, 6.07) is 11.6. The lowest BCUT2D eigenvalue weighted by Crippen LogP contribution is -3.14. The molecule has 2 aromatic carbocycles. The van der Waals surface area contributed by atoms with Gasteiger partial charge in [-0.05, 0) is 55.5 Å². The summed E-state index contributed by atoms with van der Waals surface area (Å²) in [7, 11) is -3.66. The van der Waals surface area contributed by atoms with Crippen LogP contribution >= 0.6 is 0 Å². The van der Waals surface area contributed by atoms with Crippen LogP contribution in [0.1, 0.15) is 33.9 Å². The first kappa shape index (κ1) is 21.0. The average molecular weight is 404 g/mol. The molecule has 1 atom stereocenters. The van der Waals surface area contributed by atoms with Crippen molar-refractivity contribution in [1.82, 2.24) is 4.72 Å². The Morgan fingerprint density at radius 3 is 2.14 bits per heavy atom. The largest absolute Gasteiger partial charge is 0.370 e. The van der Waals surface area contributed by atoms with Crippen LogP contribution < -0.4 is 9.62 Å². The molecule has 0 bridgehead atoms. The van der Waals surface area contributed by atoms with Crippen LogP contribution in [0.15, 0.2) is 41.3 Å². The summed E-state index contributed by atoms with van der Waals surface area (Å²) in [5.74, 6) is 0. The van der Waals surface area contributed by atoms with Crippen molar-refractivity contribution in [3.05, 3.63) is 64.2 Å². The van der Waals surface area contributed by atoms with Crippen molar-refractivity contribution >= 4 is 10.0 Å². The Balaban J connectivity index is 1.96. The molecule has 0 spiro atoms. The van der Waals surface area contributed by atoms with Gasteiger partial charge in [0.2, 0.25) is 10.0 Å². The molecule has 28 heavy (non-hydrogen) atoms. The van der Waals surface area contributed by atoms with Gasteiger partial charge < -0.3 is 9.64 Å².